The van der Waals surface area contributed by atoms with Crippen molar-refractivity contribution in [2.24, 2.45) is 5.10 Å². The smallest absolute Gasteiger partial charge is 0.276 e. The van der Waals surface area contributed by atoms with Crippen molar-refractivity contribution in [1.82, 2.24) is 5.01 Å². The second-order valence-corrected chi connectivity index (χ2v) is 6.51. The zero-order valence-electron chi connectivity index (χ0n) is 11.7. The predicted octanol–water partition coefficient (Wildman–Crippen LogP) is 2.86. The number of hydrogen-bond acceptors (Lipinski definition) is 5. The summed E-state index contributed by atoms with van der Waals surface area (Å²) in [7, 11) is 0. The minimum Gasteiger partial charge on any atom is -0.466 e. The number of hydrogen-bond donors (Lipinski definition) is 1. The second kappa shape index (κ2) is 5.43. The normalized spacial score (nSPS) is 21.9. The van der Waals surface area contributed by atoms with Gasteiger partial charge in [-0.3, -0.25) is 9.59 Å². The van der Waals surface area contributed by atoms with Gasteiger partial charge in [0.2, 0.25) is 0 Å². The minimum absolute atomic E-state index is 0.174. The highest BCUT2D eigenvalue weighted by Gasteiger charge is 2.37. The van der Waals surface area contributed by atoms with E-state index in [2.05, 4.69) is 10.4 Å². The molecule has 0 bridgehead atoms. The van der Waals surface area contributed by atoms with Crippen molar-refractivity contribution >= 4 is 46.6 Å². The molecule has 116 valence electrons. The molecule has 0 radical (unpaired) electrons. The van der Waals surface area contributed by atoms with Gasteiger partial charge in [-0.15, -0.1) is 11.8 Å². The van der Waals surface area contributed by atoms with Crippen LogP contribution in [0.3, 0.4) is 0 Å². The first-order valence-corrected chi connectivity index (χ1v) is 8.23. The highest BCUT2D eigenvalue weighted by Crippen LogP contribution is 2.39. The van der Waals surface area contributed by atoms with Gasteiger partial charge in [-0.2, -0.15) is 5.10 Å². The van der Waals surface area contributed by atoms with Crippen molar-refractivity contribution in [3.05, 3.63) is 52.9 Å². The van der Waals surface area contributed by atoms with Gasteiger partial charge in [0.1, 0.15) is 5.76 Å². The molecule has 0 saturated carbocycles. The van der Waals surface area contributed by atoms with E-state index in [1.807, 2.05) is 0 Å². The van der Waals surface area contributed by atoms with Crippen molar-refractivity contribution in [3.63, 3.8) is 0 Å². The van der Waals surface area contributed by atoms with Crippen LogP contribution in [0.1, 0.15) is 16.7 Å². The van der Waals surface area contributed by atoms with Gasteiger partial charge in [0.05, 0.1) is 17.7 Å². The topological polar surface area (TPSA) is 74.9 Å². The Morgan fingerprint density at radius 2 is 2.22 bits per heavy atom. The second-order valence-electron chi connectivity index (χ2n) is 5.01. The van der Waals surface area contributed by atoms with Crippen LogP contribution in [0.4, 0.5) is 5.69 Å². The fourth-order valence-electron chi connectivity index (χ4n) is 2.49. The lowest BCUT2D eigenvalue weighted by Gasteiger charge is -2.17. The third kappa shape index (κ3) is 2.42. The Bertz CT molecular complexity index is 834. The Hall–Kier alpha value is -2.25. The Kier molecular flexibility index (Phi) is 3.39. The number of benzene rings is 1. The lowest BCUT2D eigenvalue weighted by Crippen LogP contribution is -2.26. The Morgan fingerprint density at radius 1 is 1.35 bits per heavy atom. The third-order valence-corrected chi connectivity index (χ3v) is 4.93. The van der Waals surface area contributed by atoms with Crippen molar-refractivity contribution < 1.29 is 14.0 Å². The first-order valence-electron chi connectivity index (χ1n) is 6.80. The fourth-order valence-corrected chi connectivity index (χ4v) is 3.70. The molecular formula is C15H10ClN3O3S. The summed E-state index contributed by atoms with van der Waals surface area (Å²) in [6.07, 6.45) is 1.54. The van der Waals surface area contributed by atoms with Crippen LogP contribution < -0.4 is 5.32 Å². The average molecular weight is 348 g/mol. The summed E-state index contributed by atoms with van der Waals surface area (Å²) in [4.78, 5) is 24.3. The molecule has 2 aliphatic heterocycles. The largest absolute Gasteiger partial charge is 0.466 e. The number of amides is 2. The van der Waals surface area contributed by atoms with E-state index in [4.69, 9.17) is 16.0 Å². The number of fused-ring (bicyclic) bond motifs is 1. The van der Waals surface area contributed by atoms with E-state index in [1.165, 1.54) is 16.8 Å². The van der Waals surface area contributed by atoms with E-state index < -0.39 is 0 Å². The summed E-state index contributed by atoms with van der Waals surface area (Å²) < 4.78 is 5.37. The summed E-state index contributed by atoms with van der Waals surface area (Å²) in [5.41, 5.74) is 1.40. The monoisotopic (exact) mass is 347 g/mol. The van der Waals surface area contributed by atoms with Crippen LogP contribution in [0.2, 0.25) is 5.02 Å². The highest BCUT2D eigenvalue weighted by molar-refractivity contribution is 8.00. The molecular weight excluding hydrogens is 338 g/mol. The molecule has 1 unspecified atom stereocenters. The molecule has 1 saturated heterocycles. The van der Waals surface area contributed by atoms with Gasteiger partial charge in [-0.25, -0.2) is 5.01 Å². The van der Waals surface area contributed by atoms with Crippen molar-refractivity contribution in [2.75, 3.05) is 11.1 Å². The number of carbonyl (C=O) groups excluding carboxylic acids is 2. The van der Waals surface area contributed by atoms with E-state index in [1.54, 1.807) is 36.6 Å². The van der Waals surface area contributed by atoms with Crippen molar-refractivity contribution in [2.45, 2.75) is 5.37 Å². The van der Waals surface area contributed by atoms with Gasteiger partial charge >= 0.3 is 0 Å². The van der Waals surface area contributed by atoms with Crippen LogP contribution in [-0.4, -0.2) is 28.3 Å². The summed E-state index contributed by atoms with van der Waals surface area (Å²) in [6.45, 7) is 0. The molecule has 4 rings (SSSR count). The predicted molar refractivity (Wildman–Crippen MR) is 87.4 cm³/mol. The van der Waals surface area contributed by atoms with E-state index in [0.29, 0.717) is 22.0 Å². The van der Waals surface area contributed by atoms with Crippen LogP contribution >= 0.6 is 23.4 Å². The molecule has 1 N–H and O–H groups in total. The maximum Gasteiger partial charge on any atom is 0.276 e. The van der Waals surface area contributed by atoms with Gasteiger partial charge in [0, 0.05) is 10.6 Å². The standard InChI is InChI=1S/C15H10ClN3O3S/c16-8-3-4-10-9(6-8)13(14(21)17-10)18-19-12(20)7-23-15(19)11-2-1-5-22-11/h1-6,15H,7H2,(H,17,18,21). The molecule has 23 heavy (non-hydrogen) atoms. The van der Waals surface area contributed by atoms with Gasteiger partial charge in [-0.1, -0.05) is 11.6 Å². The molecule has 1 aromatic carbocycles. The SMILES string of the molecule is O=C1Nc2ccc(Cl)cc2C1=NN1C(=O)CSC1c1ccco1. The number of hydrazone groups is 1. The minimum atomic E-state index is -0.374. The number of carbonyl (C=O) groups is 2. The molecule has 2 aromatic rings. The lowest BCUT2D eigenvalue weighted by atomic mass is 10.1. The van der Waals surface area contributed by atoms with Crippen LogP contribution in [0.25, 0.3) is 0 Å². The van der Waals surface area contributed by atoms with E-state index >= 15 is 0 Å². The Morgan fingerprint density at radius 3 is 3.00 bits per heavy atom. The highest BCUT2D eigenvalue weighted by atomic mass is 35.5. The summed E-state index contributed by atoms with van der Waals surface area (Å²) in [6, 6.07) is 8.59. The summed E-state index contributed by atoms with van der Waals surface area (Å²) in [5.74, 6) is 0.374. The van der Waals surface area contributed by atoms with Crippen molar-refractivity contribution in [3.8, 4) is 0 Å². The van der Waals surface area contributed by atoms with E-state index in [9.17, 15) is 9.59 Å². The molecule has 2 aliphatic rings. The van der Waals surface area contributed by atoms with Crippen LogP contribution in [0.15, 0.2) is 46.1 Å². The van der Waals surface area contributed by atoms with E-state index in [0.717, 1.165) is 0 Å². The molecule has 0 spiro atoms. The molecule has 1 atom stereocenters. The third-order valence-electron chi connectivity index (χ3n) is 3.54. The van der Waals surface area contributed by atoms with Crippen LogP contribution in [0, 0.1) is 0 Å². The molecule has 1 aromatic heterocycles. The van der Waals surface area contributed by atoms with Gasteiger partial charge in [0.25, 0.3) is 11.8 Å². The van der Waals surface area contributed by atoms with Crippen LogP contribution in [0.5, 0.6) is 0 Å². The maximum absolute atomic E-state index is 12.2. The van der Waals surface area contributed by atoms with Crippen LogP contribution in [-0.2, 0) is 9.59 Å². The molecule has 8 heteroatoms. The number of rotatable bonds is 2. The Labute approximate surface area is 140 Å². The fraction of sp³-hybridized carbons (Fsp3) is 0.133. The van der Waals surface area contributed by atoms with Crippen molar-refractivity contribution in [1.29, 1.82) is 0 Å². The number of thioether (sulfide) groups is 1. The first-order chi connectivity index (χ1) is 11.1. The van der Waals surface area contributed by atoms with Gasteiger partial charge < -0.3 is 9.73 Å². The summed E-state index contributed by atoms with van der Waals surface area (Å²) >= 11 is 7.40. The number of halogens is 1. The zero-order chi connectivity index (χ0) is 16.0. The maximum atomic E-state index is 12.2. The molecule has 1 fully saturated rings. The summed E-state index contributed by atoms with van der Waals surface area (Å²) in [5, 5.41) is 8.45. The first kappa shape index (κ1) is 14.3. The molecule has 3 heterocycles. The number of nitrogens with one attached hydrogen (secondary N) is 1. The lowest BCUT2D eigenvalue weighted by molar-refractivity contribution is -0.128. The van der Waals surface area contributed by atoms with E-state index in [-0.39, 0.29) is 28.7 Å². The molecule has 6 nitrogen and oxygen atoms in total. The van der Waals surface area contributed by atoms with Gasteiger partial charge in [-0.05, 0) is 30.3 Å². The Balaban J connectivity index is 1.76. The molecule has 0 aliphatic carbocycles. The number of nitrogens with zero attached hydrogens (tertiary/aromatic N) is 2. The zero-order valence-corrected chi connectivity index (χ0v) is 13.2. The quantitative estimate of drug-likeness (QED) is 0.906. The number of anilines is 1. The average Bonchev–Trinajstić information content (AvgIpc) is 3.22. The van der Waals surface area contributed by atoms with Gasteiger partial charge in [0.15, 0.2) is 11.1 Å². The number of furan rings is 1. The molecule has 2 amide bonds.